The molecule has 9 heteroatoms. The van der Waals surface area contributed by atoms with Crippen LogP contribution < -0.4 is 10.1 Å². The van der Waals surface area contributed by atoms with Gasteiger partial charge in [-0.05, 0) is 41.3 Å². The third-order valence-electron chi connectivity index (χ3n) is 5.68. The van der Waals surface area contributed by atoms with Crippen molar-refractivity contribution in [2.45, 2.75) is 6.54 Å². The first kappa shape index (κ1) is 23.2. The molecular weight excluding hydrogens is 462 g/mol. The molecule has 1 amide bonds. The Kier molecular flexibility index (Phi) is 7.47. The van der Waals surface area contributed by atoms with E-state index in [2.05, 4.69) is 20.3 Å². The molecule has 4 aromatic rings. The van der Waals surface area contributed by atoms with Crippen LogP contribution in [0.15, 0.2) is 72.1 Å². The molecule has 2 aromatic heterocycles. The Bertz CT molecular complexity index is 1240. The van der Waals surface area contributed by atoms with Gasteiger partial charge < -0.3 is 14.8 Å². The molecule has 0 spiro atoms. The van der Waals surface area contributed by atoms with Crippen LogP contribution in [0.3, 0.4) is 0 Å². The maximum Gasteiger partial charge on any atom is 0.291 e. The molecule has 1 aliphatic rings. The Balaban J connectivity index is 1.22. The van der Waals surface area contributed by atoms with Crippen molar-refractivity contribution in [1.82, 2.24) is 25.0 Å². The Morgan fingerprint density at radius 2 is 1.91 bits per heavy atom. The van der Waals surface area contributed by atoms with E-state index in [9.17, 15) is 4.79 Å². The van der Waals surface area contributed by atoms with E-state index in [1.807, 2.05) is 72.1 Å². The van der Waals surface area contributed by atoms with Gasteiger partial charge in [-0.2, -0.15) is 0 Å². The topological polar surface area (TPSA) is 81.5 Å². The predicted octanol–water partition coefficient (Wildman–Crippen LogP) is 3.64. The van der Waals surface area contributed by atoms with Crippen molar-refractivity contribution in [2.24, 2.45) is 0 Å². The number of nitrogens with one attached hydrogen (secondary N) is 1. The largest absolute Gasteiger partial charge is 0.492 e. The van der Waals surface area contributed by atoms with Gasteiger partial charge in [-0.1, -0.05) is 36.4 Å². The Labute approximate surface area is 208 Å². The summed E-state index contributed by atoms with van der Waals surface area (Å²) in [6, 6.07) is 21.4. The van der Waals surface area contributed by atoms with Gasteiger partial charge >= 0.3 is 0 Å². The summed E-state index contributed by atoms with van der Waals surface area (Å²) in [6.07, 6.45) is 0. The molecule has 0 radical (unpaired) electrons. The zero-order valence-electron chi connectivity index (χ0n) is 19.3. The quantitative estimate of drug-likeness (QED) is 0.387. The predicted molar refractivity (Wildman–Crippen MR) is 135 cm³/mol. The molecule has 8 nitrogen and oxygen atoms in total. The van der Waals surface area contributed by atoms with Gasteiger partial charge in [0, 0.05) is 26.2 Å². The maximum absolute atomic E-state index is 12.9. The second-order valence-corrected chi connectivity index (χ2v) is 9.06. The molecule has 3 heterocycles. The molecule has 180 valence electrons. The number of rotatable bonds is 9. The first-order valence-electron chi connectivity index (χ1n) is 11.6. The van der Waals surface area contributed by atoms with Gasteiger partial charge in [0.1, 0.15) is 12.4 Å². The highest BCUT2D eigenvalue weighted by atomic mass is 32.1. The van der Waals surface area contributed by atoms with E-state index < -0.39 is 0 Å². The van der Waals surface area contributed by atoms with Crippen molar-refractivity contribution in [3.05, 3.63) is 83.5 Å². The monoisotopic (exact) mass is 489 g/mol. The van der Waals surface area contributed by atoms with Gasteiger partial charge in [-0.25, -0.2) is 9.67 Å². The van der Waals surface area contributed by atoms with Crippen LogP contribution in [0.25, 0.3) is 16.4 Å². The number of morpholine rings is 1. The Hall–Kier alpha value is -3.53. The average Bonchev–Trinajstić information content (AvgIpc) is 3.59. The third kappa shape index (κ3) is 5.94. The lowest BCUT2D eigenvalue weighted by Crippen LogP contribution is -2.38. The fraction of sp³-hybridized carbons (Fsp3) is 0.269. The summed E-state index contributed by atoms with van der Waals surface area (Å²) in [4.78, 5) is 20.8. The van der Waals surface area contributed by atoms with Crippen LogP contribution >= 0.6 is 11.3 Å². The first-order valence-corrected chi connectivity index (χ1v) is 12.5. The smallest absolute Gasteiger partial charge is 0.291 e. The number of ether oxygens (including phenoxy) is 2. The van der Waals surface area contributed by atoms with Crippen LogP contribution in [-0.4, -0.2) is 65.0 Å². The van der Waals surface area contributed by atoms with Crippen molar-refractivity contribution in [1.29, 1.82) is 0 Å². The van der Waals surface area contributed by atoms with Gasteiger partial charge in [0.15, 0.2) is 5.82 Å². The second kappa shape index (κ2) is 11.3. The van der Waals surface area contributed by atoms with Crippen LogP contribution in [0, 0.1) is 0 Å². The average molecular weight is 490 g/mol. The number of thiophene rings is 1. The van der Waals surface area contributed by atoms with Crippen LogP contribution in [0.5, 0.6) is 5.75 Å². The normalized spacial score (nSPS) is 14.1. The number of nitrogens with zero attached hydrogens (tertiary/aromatic N) is 4. The van der Waals surface area contributed by atoms with E-state index in [0.717, 1.165) is 54.7 Å². The summed E-state index contributed by atoms with van der Waals surface area (Å²) in [5.74, 6) is 1.25. The number of amides is 1. The highest BCUT2D eigenvalue weighted by molar-refractivity contribution is 7.13. The third-order valence-corrected chi connectivity index (χ3v) is 6.55. The van der Waals surface area contributed by atoms with Crippen LogP contribution in [0.1, 0.15) is 16.2 Å². The van der Waals surface area contributed by atoms with Crippen molar-refractivity contribution >= 4 is 17.2 Å². The highest BCUT2D eigenvalue weighted by Crippen LogP contribution is 2.25. The van der Waals surface area contributed by atoms with E-state index in [4.69, 9.17) is 9.47 Å². The van der Waals surface area contributed by atoms with Crippen molar-refractivity contribution < 1.29 is 14.3 Å². The second-order valence-electron chi connectivity index (χ2n) is 8.12. The molecule has 1 saturated heterocycles. The molecule has 1 aliphatic heterocycles. The minimum atomic E-state index is -0.323. The van der Waals surface area contributed by atoms with Gasteiger partial charge in [0.05, 0.1) is 23.8 Å². The number of aromatic nitrogens is 3. The Morgan fingerprint density at radius 1 is 1.06 bits per heavy atom. The van der Waals surface area contributed by atoms with Gasteiger partial charge in [-0.3, -0.25) is 9.69 Å². The number of benzene rings is 2. The molecule has 0 aliphatic carbocycles. The number of carbonyl (C=O) groups excluding carboxylic acids is 1. The molecule has 1 fully saturated rings. The van der Waals surface area contributed by atoms with E-state index in [0.29, 0.717) is 19.0 Å². The molecular formula is C26H27N5O3S. The minimum Gasteiger partial charge on any atom is -0.492 e. The summed E-state index contributed by atoms with van der Waals surface area (Å²) >= 11 is 1.56. The lowest BCUT2D eigenvalue weighted by molar-refractivity contribution is 0.0322. The standard InChI is InChI=1S/C26H27N5O3S/c32-26(24-28-25(23-10-5-17-35-23)31(29-24)21-7-2-1-3-8-21)27-19-20-6-4-9-22(18-20)34-16-13-30-11-14-33-15-12-30/h1-10,17-18H,11-16,19H2,(H,27,32). The fourth-order valence-electron chi connectivity index (χ4n) is 3.85. The van der Waals surface area contributed by atoms with Crippen LogP contribution in [0.4, 0.5) is 0 Å². The van der Waals surface area contributed by atoms with Gasteiger partial charge in [-0.15, -0.1) is 16.4 Å². The van der Waals surface area contributed by atoms with Crippen LogP contribution in [0.2, 0.25) is 0 Å². The van der Waals surface area contributed by atoms with Crippen LogP contribution in [-0.2, 0) is 11.3 Å². The number of hydrogen-bond acceptors (Lipinski definition) is 7. The van der Waals surface area contributed by atoms with Crippen molar-refractivity contribution in [2.75, 3.05) is 39.5 Å². The zero-order chi connectivity index (χ0) is 23.9. The van der Waals surface area contributed by atoms with Gasteiger partial charge in [0.25, 0.3) is 5.91 Å². The van der Waals surface area contributed by atoms with Gasteiger partial charge in [0.2, 0.25) is 5.82 Å². The Morgan fingerprint density at radius 3 is 2.71 bits per heavy atom. The first-order chi connectivity index (χ1) is 17.3. The highest BCUT2D eigenvalue weighted by Gasteiger charge is 2.19. The zero-order valence-corrected chi connectivity index (χ0v) is 20.1. The number of carbonyl (C=O) groups is 1. The van der Waals surface area contributed by atoms with Crippen molar-refractivity contribution in [3.63, 3.8) is 0 Å². The summed E-state index contributed by atoms with van der Waals surface area (Å²) in [5, 5.41) is 9.43. The van der Waals surface area contributed by atoms with E-state index in [1.54, 1.807) is 16.0 Å². The maximum atomic E-state index is 12.9. The van der Waals surface area contributed by atoms with E-state index in [1.165, 1.54) is 0 Å². The number of hydrogen-bond donors (Lipinski definition) is 1. The molecule has 0 atom stereocenters. The molecule has 2 aromatic carbocycles. The summed E-state index contributed by atoms with van der Waals surface area (Å²) in [6.45, 7) is 5.28. The molecule has 0 bridgehead atoms. The molecule has 0 unspecified atom stereocenters. The minimum absolute atomic E-state index is 0.134. The lowest BCUT2D eigenvalue weighted by atomic mass is 10.2. The molecule has 5 rings (SSSR count). The van der Waals surface area contributed by atoms with Crippen molar-refractivity contribution in [3.8, 4) is 22.1 Å². The molecule has 35 heavy (non-hydrogen) atoms. The van der Waals surface area contributed by atoms with E-state index in [-0.39, 0.29) is 11.7 Å². The SMILES string of the molecule is O=C(NCc1cccc(OCCN2CCOCC2)c1)c1nc(-c2cccs2)n(-c2ccccc2)n1. The van der Waals surface area contributed by atoms with E-state index >= 15 is 0 Å². The fourth-order valence-corrected chi connectivity index (χ4v) is 4.55. The summed E-state index contributed by atoms with van der Waals surface area (Å²) < 4.78 is 13.0. The lowest BCUT2D eigenvalue weighted by Gasteiger charge is -2.26. The number of para-hydroxylation sites is 1. The molecule has 1 N–H and O–H groups in total. The molecule has 0 saturated carbocycles. The summed E-state index contributed by atoms with van der Waals surface area (Å²) in [7, 11) is 0. The summed E-state index contributed by atoms with van der Waals surface area (Å²) in [5.41, 5.74) is 1.80.